The third-order valence-corrected chi connectivity index (χ3v) is 5.49. The van der Waals surface area contributed by atoms with Crippen LogP contribution in [0.2, 0.25) is 0 Å². The first-order valence-corrected chi connectivity index (χ1v) is 11.8. The van der Waals surface area contributed by atoms with Crippen LogP contribution in [0.15, 0.2) is 41.2 Å². The predicted octanol–water partition coefficient (Wildman–Crippen LogP) is 2.75. The molecule has 0 bridgehead atoms. The van der Waals surface area contributed by atoms with E-state index in [1.165, 1.54) is 24.3 Å². The highest BCUT2D eigenvalue weighted by molar-refractivity contribution is 5.83. The van der Waals surface area contributed by atoms with Gasteiger partial charge in [0.25, 0.3) is 11.2 Å². The Bertz CT molecular complexity index is 1190. The van der Waals surface area contributed by atoms with Crippen molar-refractivity contribution in [3.05, 3.63) is 62.7 Å². The second-order valence-electron chi connectivity index (χ2n) is 8.20. The maximum absolute atomic E-state index is 14.5. The van der Waals surface area contributed by atoms with Crippen molar-refractivity contribution >= 4 is 22.3 Å². The Kier molecular flexibility index (Phi) is 10.1. The number of fused-ring (bicyclic) bond motifs is 1. The SMILES string of the molecule is NCCCNCCCCNCCCNc1cc2nc(-c3cccc([N+](=O)[O-])c3)[nH]c(=O)c2cc1F. The van der Waals surface area contributed by atoms with Crippen LogP contribution in [0.4, 0.5) is 15.8 Å². The zero-order valence-electron chi connectivity index (χ0n) is 19.6. The van der Waals surface area contributed by atoms with Gasteiger partial charge in [0.2, 0.25) is 0 Å². The number of H-pyrrole nitrogens is 1. The van der Waals surface area contributed by atoms with E-state index in [2.05, 4.69) is 25.9 Å². The summed E-state index contributed by atoms with van der Waals surface area (Å²) >= 11 is 0. The number of nitrogens with two attached hydrogens (primary N) is 1. The van der Waals surface area contributed by atoms with Crippen molar-refractivity contribution in [2.24, 2.45) is 5.73 Å². The lowest BCUT2D eigenvalue weighted by Crippen LogP contribution is -2.22. The van der Waals surface area contributed by atoms with E-state index in [9.17, 15) is 19.3 Å². The summed E-state index contributed by atoms with van der Waals surface area (Å²) in [5, 5.41) is 21.0. The quantitative estimate of drug-likeness (QED) is 0.125. The van der Waals surface area contributed by atoms with Crippen LogP contribution in [0.1, 0.15) is 25.7 Å². The number of nitrogens with zero attached hydrogens (tertiary/aromatic N) is 2. The number of hydrogen-bond acceptors (Lipinski definition) is 8. The second-order valence-corrected chi connectivity index (χ2v) is 8.20. The molecule has 0 amide bonds. The van der Waals surface area contributed by atoms with Gasteiger partial charge in [0.1, 0.15) is 11.6 Å². The number of halogens is 1. The summed E-state index contributed by atoms with van der Waals surface area (Å²) < 4.78 is 14.5. The summed E-state index contributed by atoms with van der Waals surface area (Å²) in [6, 6.07) is 8.47. The van der Waals surface area contributed by atoms with Gasteiger partial charge in [-0.15, -0.1) is 0 Å². The molecule has 0 saturated carbocycles. The first-order chi connectivity index (χ1) is 17.0. The van der Waals surface area contributed by atoms with Crippen LogP contribution in [0.25, 0.3) is 22.3 Å². The Labute approximate surface area is 202 Å². The molecular formula is C24H32FN7O3. The number of hydrogen-bond donors (Lipinski definition) is 5. The number of aromatic nitrogens is 2. The molecule has 0 aliphatic heterocycles. The molecule has 1 heterocycles. The largest absolute Gasteiger partial charge is 0.383 e. The molecule has 1 aromatic heterocycles. The minimum Gasteiger partial charge on any atom is -0.383 e. The molecule has 0 radical (unpaired) electrons. The van der Waals surface area contributed by atoms with E-state index in [1.807, 2.05) is 0 Å². The highest BCUT2D eigenvalue weighted by atomic mass is 19.1. The number of benzene rings is 2. The van der Waals surface area contributed by atoms with Crippen molar-refractivity contribution in [1.29, 1.82) is 0 Å². The highest BCUT2D eigenvalue weighted by Gasteiger charge is 2.13. The maximum atomic E-state index is 14.5. The van der Waals surface area contributed by atoms with Crippen molar-refractivity contribution in [3.63, 3.8) is 0 Å². The molecule has 35 heavy (non-hydrogen) atoms. The Morgan fingerprint density at radius 3 is 2.43 bits per heavy atom. The number of anilines is 1. The summed E-state index contributed by atoms with van der Waals surface area (Å²) in [5.41, 5.74) is 5.78. The number of rotatable bonds is 15. The zero-order valence-corrected chi connectivity index (χ0v) is 19.6. The van der Waals surface area contributed by atoms with Crippen molar-refractivity contribution in [1.82, 2.24) is 20.6 Å². The van der Waals surface area contributed by atoms with Gasteiger partial charge in [-0.3, -0.25) is 14.9 Å². The van der Waals surface area contributed by atoms with Crippen LogP contribution in [-0.4, -0.2) is 54.2 Å². The van der Waals surface area contributed by atoms with Crippen LogP contribution in [0.5, 0.6) is 0 Å². The third kappa shape index (κ3) is 7.81. The normalized spacial score (nSPS) is 11.1. The average molecular weight is 486 g/mol. The lowest BCUT2D eigenvalue weighted by atomic mass is 10.1. The third-order valence-electron chi connectivity index (χ3n) is 5.49. The molecule has 3 rings (SSSR count). The molecule has 0 spiro atoms. The first kappa shape index (κ1) is 26.2. The Morgan fingerprint density at radius 1 is 1.00 bits per heavy atom. The van der Waals surface area contributed by atoms with Gasteiger partial charge in [-0.2, -0.15) is 0 Å². The van der Waals surface area contributed by atoms with Gasteiger partial charge in [-0.05, 0) is 70.5 Å². The van der Waals surface area contributed by atoms with Crippen LogP contribution in [-0.2, 0) is 0 Å². The van der Waals surface area contributed by atoms with E-state index >= 15 is 0 Å². The van der Waals surface area contributed by atoms with Crippen molar-refractivity contribution in [2.45, 2.75) is 25.7 Å². The number of non-ortho nitro benzene ring substituents is 1. The van der Waals surface area contributed by atoms with Gasteiger partial charge in [0, 0.05) is 24.2 Å². The molecule has 3 aromatic rings. The Hall–Kier alpha value is -3.41. The lowest BCUT2D eigenvalue weighted by molar-refractivity contribution is -0.384. The Balaban J connectivity index is 1.53. The fourth-order valence-electron chi connectivity index (χ4n) is 3.61. The number of nitro groups is 1. The molecule has 188 valence electrons. The van der Waals surface area contributed by atoms with Crippen molar-refractivity contribution < 1.29 is 9.31 Å². The van der Waals surface area contributed by atoms with Crippen molar-refractivity contribution in [2.75, 3.05) is 44.6 Å². The van der Waals surface area contributed by atoms with E-state index in [0.717, 1.165) is 57.9 Å². The zero-order chi connectivity index (χ0) is 25.0. The highest BCUT2D eigenvalue weighted by Crippen LogP contribution is 2.24. The number of nitrogens with one attached hydrogen (secondary N) is 4. The average Bonchev–Trinajstić information content (AvgIpc) is 2.85. The molecule has 0 aliphatic carbocycles. The topological polar surface area (TPSA) is 151 Å². The predicted molar refractivity (Wildman–Crippen MR) is 136 cm³/mol. The van der Waals surface area contributed by atoms with Gasteiger partial charge in [-0.1, -0.05) is 12.1 Å². The molecule has 10 nitrogen and oxygen atoms in total. The molecule has 0 atom stereocenters. The van der Waals surface area contributed by atoms with Crippen LogP contribution in [0.3, 0.4) is 0 Å². The summed E-state index contributed by atoms with van der Waals surface area (Å²) in [6.45, 7) is 4.94. The fourth-order valence-corrected chi connectivity index (χ4v) is 3.61. The summed E-state index contributed by atoms with van der Waals surface area (Å²) in [6.07, 6.45) is 3.97. The lowest BCUT2D eigenvalue weighted by Gasteiger charge is -2.10. The van der Waals surface area contributed by atoms with E-state index < -0.39 is 16.3 Å². The molecule has 0 unspecified atom stereocenters. The molecular weight excluding hydrogens is 453 g/mol. The van der Waals surface area contributed by atoms with Crippen LogP contribution >= 0.6 is 0 Å². The smallest absolute Gasteiger partial charge is 0.270 e. The second kappa shape index (κ2) is 13.5. The van der Waals surface area contributed by atoms with Gasteiger partial charge < -0.3 is 26.7 Å². The van der Waals surface area contributed by atoms with E-state index in [-0.39, 0.29) is 22.6 Å². The fraction of sp³-hybridized carbons (Fsp3) is 0.417. The maximum Gasteiger partial charge on any atom is 0.270 e. The van der Waals surface area contributed by atoms with Gasteiger partial charge in [0.05, 0.1) is 21.5 Å². The molecule has 6 N–H and O–H groups in total. The number of aromatic amines is 1. The van der Waals surface area contributed by atoms with E-state index in [4.69, 9.17) is 5.73 Å². The van der Waals surface area contributed by atoms with E-state index in [1.54, 1.807) is 6.07 Å². The molecule has 11 heteroatoms. The number of nitro benzene ring substituents is 1. The standard InChI is InChI=1S/C24H32FN7O3/c25-20-15-19-21(30-23(31-24(19)33)17-6-3-7-18(14-17)32(34)35)16-22(20)29-13-5-12-28-10-2-1-9-27-11-4-8-26/h3,6-7,14-16,27-29H,1-2,4-5,8-13,26H2,(H,30,31,33). The minimum atomic E-state index is -0.539. The summed E-state index contributed by atoms with van der Waals surface area (Å²) in [5.74, 6) is -0.356. The molecule has 0 saturated heterocycles. The Morgan fingerprint density at radius 2 is 1.71 bits per heavy atom. The first-order valence-electron chi connectivity index (χ1n) is 11.8. The van der Waals surface area contributed by atoms with Crippen molar-refractivity contribution in [3.8, 4) is 11.4 Å². The molecule has 0 aliphatic rings. The summed E-state index contributed by atoms with van der Waals surface area (Å²) in [4.78, 5) is 30.0. The van der Waals surface area contributed by atoms with Crippen LogP contribution in [0, 0.1) is 15.9 Å². The van der Waals surface area contributed by atoms with Gasteiger partial charge in [0.15, 0.2) is 0 Å². The minimum absolute atomic E-state index is 0.112. The van der Waals surface area contributed by atoms with Gasteiger partial charge in [-0.25, -0.2) is 9.37 Å². The number of unbranched alkanes of at least 4 members (excludes halogenated alkanes) is 1. The molecule has 2 aromatic carbocycles. The van der Waals surface area contributed by atoms with E-state index in [0.29, 0.717) is 24.2 Å². The van der Waals surface area contributed by atoms with Crippen LogP contribution < -0.4 is 27.2 Å². The molecule has 0 fully saturated rings. The van der Waals surface area contributed by atoms with Gasteiger partial charge >= 0.3 is 0 Å². The monoisotopic (exact) mass is 485 g/mol. The summed E-state index contributed by atoms with van der Waals surface area (Å²) in [7, 11) is 0.